The molecule has 0 amide bonds. The van der Waals surface area contributed by atoms with Crippen molar-refractivity contribution in [2.45, 2.75) is 39.9 Å². The zero-order valence-corrected chi connectivity index (χ0v) is 9.81. The van der Waals surface area contributed by atoms with Gasteiger partial charge in [-0.25, -0.2) is 0 Å². The lowest BCUT2D eigenvalue weighted by Crippen LogP contribution is -2.25. The Morgan fingerprint density at radius 3 is 2.25 bits per heavy atom. The predicted molar refractivity (Wildman–Crippen MR) is 54.4 cm³/mol. The summed E-state index contributed by atoms with van der Waals surface area (Å²) in [6, 6.07) is 0. The van der Waals surface area contributed by atoms with Gasteiger partial charge in [-0.1, -0.05) is 6.92 Å². The van der Waals surface area contributed by atoms with E-state index in [1.54, 1.807) is 0 Å². The van der Waals surface area contributed by atoms with Crippen LogP contribution in [0.3, 0.4) is 0 Å². The third kappa shape index (κ3) is 6.28. The fraction of sp³-hybridized carbons (Fsp3) is 0.778. The molecule has 0 aromatic heterocycles. The van der Waals surface area contributed by atoms with Crippen LogP contribution < -0.4 is 0 Å². The zero-order chi connectivity index (χ0) is 9.61. The van der Waals surface area contributed by atoms with Crippen LogP contribution in [0.2, 0.25) is 19.6 Å². The Bertz CT molecular complexity index is 147. The molecule has 0 unspecified atom stereocenters. The molecule has 0 aromatic rings. The lowest BCUT2D eigenvalue weighted by Gasteiger charge is -2.21. The molecule has 0 aliphatic heterocycles. The topological polar surface area (TPSA) is 18.5 Å². The number of rotatable bonds is 5. The molecule has 0 aliphatic carbocycles. The Hall–Kier alpha value is -0.443. The summed E-state index contributed by atoms with van der Waals surface area (Å²) in [4.78, 5) is 0. The average Bonchev–Trinajstić information content (AvgIpc) is 1.95. The summed E-state index contributed by atoms with van der Waals surface area (Å²) in [6.07, 6.45) is 2.90. The van der Waals surface area contributed by atoms with Crippen molar-refractivity contribution < 1.29 is 9.16 Å². The third-order valence-electron chi connectivity index (χ3n) is 1.09. The zero-order valence-electron chi connectivity index (χ0n) is 8.81. The van der Waals surface area contributed by atoms with Crippen LogP contribution in [-0.2, 0) is 9.16 Å². The van der Waals surface area contributed by atoms with Gasteiger partial charge >= 0.3 is 0 Å². The molecule has 0 fully saturated rings. The van der Waals surface area contributed by atoms with E-state index in [4.69, 9.17) is 9.16 Å². The fourth-order valence-corrected chi connectivity index (χ4v) is 1.46. The molecular weight excluding hydrogens is 168 g/mol. The van der Waals surface area contributed by atoms with Crippen molar-refractivity contribution in [3.8, 4) is 0 Å². The van der Waals surface area contributed by atoms with Crippen LogP contribution in [-0.4, -0.2) is 14.9 Å². The smallest absolute Gasteiger partial charge is 0.260 e. The van der Waals surface area contributed by atoms with Gasteiger partial charge in [-0.05, 0) is 39.1 Å². The second-order valence-corrected chi connectivity index (χ2v) is 8.10. The van der Waals surface area contributed by atoms with E-state index >= 15 is 0 Å². The van der Waals surface area contributed by atoms with E-state index in [1.165, 1.54) is 0 Å². The summed E-state index contributed by atoms with van der Waals surface area (Å²) in [7, 11) is -1.48. The molecule has 0 saturated heterocycles. The Morgan fingerprint density at radius 2 is 1.92 bits per heavy atom. The SMILES string of the molecule is C/C=C(/OCCC)O[Si](C)(C)C. The van der Waals surface area contributed by atoms with Crippen LogP contribution >= 0.6 is 0 Å². The first-order chi connectivity index (χ1) is 5.49. The molecule has 0 rings (SSSR count). The van der Waals surface area contributed by atoms with Crippen LogP contribution in [0.4, 0.5) is 0 Å². The van der Waals surface area contributed by atoms with Gasteiger partial charge in [0.2, 0.25) is 8.32 Å². The van der Waals surface area contributed by atoms with Gasteiger partial charge in [0.25, 0.3) is 5.95 Å². The van der Waals surface area contributed by atoms with E-state index in [1.807, 2.05) is 13.0 Å². The molecule has 3 heteroatoms. The molecule has 0 bridgehead atoms. The van der Waals surface area contributed by atoms with Crippen molar-refractivity contribution in [1.29, 1.82) is 0 Å². The largest absolute Gasteiger partial charge is 0.520 e. The van der Waals surface area contributed by atoms with Crippen molar-refractivity contribution >= 4 is 8.32 Å². The Kier molecular flexibility index (Phi) is 5.05. The summed E-state index contributed by atoms with van der Waals surface area (Å²) < 4.78 is 11.1. The maximum atomic E-state index is 5.67. The van der Waals surface area contributed by atoms with Crippen molar-refractivity contribution in [2.24, 2.45) is 0 Å². The van der Waals surface area contributed by atoms with Gasteiger partial charge in [0.05, 0.1) is 6.61 Å². The summed E-state index contributed by atoms with van der Waals surface area (Å²) in [6.45, 7) is 11.2. The standard InChI is InChI=1S/C9H20O2Si/c1-6-8-10-9(7-2)11-12(3,4)5/h7H,6,8H2,1-5H3/b9-7-. The minimum absolute atomic E-state index is 0.691. The quantitative estimate of drug-likeness (QED) is 0.487. The average molecular weight is 188 g/mol. The van der Waals surface area contributed by atoms with Crippen molar-refractivity contribution in [1.82, 2.24) is 0 Å². The molecule has 0 aliphatic rings. The van der Waals surface area contributed by atoms with Gasteiger partial charge in [-0.3, -0.25) is 0 Å². The van der Waals surface area contributed by atoms with Gasteiger partial charge < -0.3 is 9.16 Å². The van der Waals surface area contributed by atoms with Crippen molar-refractivity contribution in [2.75, 3.05) is 6.61 Å². The number of allylic oxidation sites excluding steroid dienone is 1. The van der Waals surface area contributed by atoms with E-state index in [0.29, 0.717) is 5.95 Å². The number of ether oxygens (including phenoxy) is 1. The lowest BCUT2D eigenvalue weighted by molar-refractivity contribution is 0.102. The highest BCUT2D eigenvalue weighted by atomic mass is 28.4. The fourth-order valence-electron chi connectivity index (χ4n) is 0.676. The van der Waals surface area contributed by atoms with E-state index in [2.05, 4.69) is 26.6 Å². The van der Waals surface area contributed by atoms with Gasteiger partial charge in [0.15, 0.2) is 0 Å². The van der Waals surface area contributed by atoms with E-state index in [0.717, 1.165) is 13.0 Å². The minimum Gasteiger partial charge on any atom is -0.520 e. The number of hydrogen-bond donors (Lipinski definition) is 0. The summed E-state index contributed by atoms with van der Waals surface area (Å²) in [5.41, 5.74) is 0. The van der Waals surface area contributed by atoms with E-state index in [-0.39, 0.29) is 0 Å². The molecule has 12 heavy (non-hydrogen) atoms. The van der Waals surface area contributed by atoms with Crippen LogP contribution in [0.25, 0.3) is 0 Å². The van der Waals surface area contributed by atoms with Crippen LogP contribution in [0.15, 0.2) is 12.0 Å². The summed E-state index contributed by atoms with van der Waals surface area (Å²) in [5.74, 6) is 0.691. The Labute approximate surface area is 76.7 Å². The first-order valence-electron chi connectivity index (χ1n) is 4.47. The first-order valence-corrected chi connectivity index (χ1v) is 7.88. The van der Waals surface area contributed by atoms with Gasteiger partial charge in [0.1, 0.15) is 0 Å². The van der Waals surface area contributed by atoms with Crippen LogP contribution in [0, 0.1) is 0 Å². The molecular formula is C9H20O2Si. The van der Waals surface area contributed by atoms with Gasteiger partial charge in [-0.15, -0.1) is 0 Å². The molecule has 0 spiro atoms. The normalized spacial score (nSPS) is 12.9. The summed E-state index contributed by atoms with van der Waals surface area (Å²) in [5, 5.41) is 0. The number of hydrogen-bond acceptors (Lipinski definition) is 2. The van der Waals surface area contributed by atoms with Crippen molar-refractivity contribution in [3.05, 3.63) is 12.0 Å². The molecule has 72 valence electrons. The molecule has 0 saturated carbocycles. The first kappa shape index (κ1) is 11.6. The van der Waals surface area contributed by atoms with Gasteiger partial charge in [-0.2, -0.15) is 0 Å². The maximum absolute atomic E-state index is 5.67. The summed E-state index contributed by atoms with van der Waals surface area (Å²) >= 11 is 0. The lowest BCUT2D eigenvalue weighted by atomic mass is 10.5. The van der Waals surface area contributed by atoms with Crippen LogP contribution in [0.1, 0.15) is 20.3 Å². The third-order valence-corrected chi connectivity index (χ3v) is 1.90. The molecule has 2 nitrogen and oxygen atoms in total. The highest BCUT2D eigenvalue weighted by molar-refractivity contribution is 6.69. The van der Waals surface area contributed by atoms with Crippen LogP contribution in [0.5, 0.6) is 0 Å². The highest BCUT2D eigenvalue weighted by Crippen LogP contribution is 2.11. The second kappa shape index (κ2) is 5.25. The maximum Gasteiger partial charge on any atom is 0.260 e. The Morgan fingerprint density at radius 1 is 1.33 bits per heavy atom. The van der Waals surface area contributed by atoms with Crippen molar-refractivity contribution in [3.63, 3.8) is 0 Å². The second-order valence-electron chi connectivity index (χ2n) is 3.67. The molecule has 0 heterocycles. The predicted octanol–water partition coefficient (Wildman–Crippen LogP) is 3.13. The van der Waals surface area contributed by atoms with Gasteiger partial charge in [0, 0.05) is 0 Å². The minimum atomic E-state index is -1.48. The van der Waals surface area contributed by atoms with E-state index in [9.17, 15) is 0 Å². The highest BCUT2D eigenvalue weighted by Gasteiger charge is 2.17. The monoisotopic (exact) mass is 188 g/mol. The molecule has 0 N–H and O–H groups in total. The molecule has 0 atom stereocenters. The Balaban J connectivity index is 3.86. The molecule has 0 radical (unpaired) electrons. The molecule has 0 aromatic carbocycles. The van der Waals surface area contributed by atoms with E-state index < -0.39 is 8.32 Å².